The van der Waals surface area contributed by atoms with Gasteiger partial charge in [0.05, 0.1) is 17.9 Å². The smallest absolute Gasteiger partial charge is 0.409 e. The van der Waals surface area contributed by atoms with Gasteiger partial charge in [0.2, 0.25) is 0 Å². The average Bonchev–Trinajstić information content (AvgIpc) is 2.69. The van der Waals surface area contributed by atoms with Gasteiger partial charge in [-0.2, -0.15) is 0 Å². The zero-order chi connectivity index (χ0) is 19.2. The van der Waals surface area contributed by atoms with E-state index in [1.54, 1.807) is 18.0 Å². The molecule has 1 aromatic heterocycles. The van der Waals surface area contributed by atoms with Crippen molar-refractivity contribution in [1.29, 1.82) is 0 Å². The Morgan fingerprint density at radius 3 is 2.56 bits per heavy atom. The van der Waals surface area contributed by atoms with Gasteiger partial charge in [0.25, 0.3) is 5.91 Å². The van der Waals surface area contributed by atoms with Crippen molar-refractivity contribution >= 4 is 12.0 Å². The van der Waals surface area contributed by atoms with E-state index in [1.807, 2.05) is 43.3 Å². The normalized spacial score (nSPS) is 14.7. The van der Waals surface area contributed by atoms with Crippen molar-refractivity contribution in [2.45, 2.75) is 32.7 Å². The Morgan fingerprint density at radius 1 is 1.19 bits per heavy atom. The second-order valence-corrected chi connectivity index (χ2v) is 6.62. The SMILES string of the molecule is CCOC(=O)N1CCC(NC(=O)c2c(-c3ccccc3)ccnc2C)CC1. The molecule has 0 saturated carbocycles. The van der Waals surface area contributed by atoms with Crippen molar-refractivity contribution in [3.05, 3.63) is 53.9 Å². The van der Waals surface area contributed by atoms with Crippen LogP contribution in [0.2, 0.25) is 0 Å². The lowest BCUT2D eigenvalue weighted by Crippen LogP contribution is -2.46. The molecule has 2 heterocycles. The molecule has 0 unspecified atom stereocenters. The highest BCUT2D eigenvalue weighted by atomic mass is 16.6. The molecule has 27 heavy (non-hydrogen) atoms. The molecular formula is C21H25N3O3. The molecule has 1 saturated heterocycles. The molecule has 0 radical (unpaired) electrons. The minimum absolute atomic E-state index is 0.0337. The molecule has 0 spiro atoms. The second-order valence-electron chi connectivity index (χ2n) is 6.62. The highest BCUT2D eigenvalue weighted by molar-refractivity contribution is 6.02. The fraction of sp³-hybridized carbons (Fsp3) is 0.381. The quantitative estimate of drug-likeness (QED) is 0.899. The summed E-state index contributed by atoms with van der Waals surface area (Å²) in [5, 5.41) is 3.12. The minimum atomic E-state index is -0.281. The lowest BCUT2D eigenvalue weighted by Gasteiger charge is -2.31. The molecule has 2 aromatic rings. The monoisotopic (exact) mass is 367 g/mol. The van der Waals surface area contributed by atoms with Crippen molar-refractivity contribution < 1.29 is 14.3 Å². The van der Waals surface area contributed by atoms with Gasteiger partial charge >= 0.3 is 6.09 Å². The third-order valence-electron chi connectivity index (χ3n) is 4.81. The van der Waals surface area contributed by atoms with Gasteiger partial charge in [-0.05, 0) is 43.9 Å². The van der Waals surface area contributed by atoms with Crippen molar-refractivity contribution in [2.75, 3.05) is 19.7 Å². The van der Waals surface area contributed by atoms with E-state index < -0.39 is 0 Å². The molecule has 0 bridgehead atoms. The van der Waals surface area contributed by atoms with E-state index in [0.29, 0.717) is 43.8 Å². The van der Waals surface area contributed by atoms with Crippen LogP contribution in [-0.4, -0.2) is 47.6 Å². The second kappa shape index (κ2) is 8.66. The standard InChI is InChI=1S/C21H25N3O3/c1-3-27-21(26)24-13-10-17(11-14-24)23-20(25)19-15(2)22-12-9-18(19)16-7-5-4-6-8-16/h4-9,12,17H,3,10-11,13-14H2,1-2H3,(H,23,25). The van der Waals surface area contributed by atoms with E-state index in [9.17, 15) is 9.59 Å². The van der Waals surface area contributed by atoms with Crippen LogP contribution in [-0.2, 0) is 4.74 Å². The van der Waals surface area contributed by atoms with Gasteiger partial charge in [-0.1, -0.05) is 30.3 Å². The predicted molar refractivity (Wildman–Crippen MR) is 103 cm³/mol. The number of pyridine rings is 1. The van der Waals surface area contributed by atoms with Crippen LogP contribution in [0.15, 0.2) is 42.6 Å². The number of benzene rings is 1. The number of ether oxygens (including phenoxy) is 1. The number of piperidine rings is 1. The molecule has 0 atom stereocenters. The largest absolute Gasteiger partial charge is 0.450 e. The van der Waals surface area contributed by atoms with Gasteiger partial charge in [-0.3, -0.25) is 9.78 Å². The summed E-state index contributed by atoms with van der Waals surface area (Å²) in [5.41, 5.74) is 3.18. The summed E-state index contributed by atoms with van der Waals surface area (Å²) >= 11 is 0. The molecule has 1 N–H and O–H groups in total. The lowest BCUT2D eigenvalue weighted by molar-refractivity contribution is 0.0860. The maximum Gasteiger partial charge on any atom is 0.409 e. The molecule has 6 heteroatoms. The van der Waals surface area contributed by atoms with Crippen molar-refractivity contribution in [1.82, 2.24) is 15.2 Å². The number of rotatable bonds is 4. The molecule has 3 rings (SSSR count). The molecule has 1 aromatic carbocycles. The van der Waals surface area contributed by atoms with E-state index in [2.05, 4.69) is 10.3 Å². The van der Waals surface area contributed by atoms with Crippen LogP contribution in [0.5, 0.6) is 0 Å². The van der Waals surface area contributed by atoms with Crippen LogP contribution in [0, 0.1) is 6.92 Å². The molecule has 1 fully saturated rings. The van der Waals surface area contributed by atoms with E-state index >= 15 is 0 Å². The first-order chi connectivity index (χ1) is 13.1. The molecular weight excluding hydrogens is 342 g/mol. The first kappa shape index (κ1) is 18.9. The van der Waals surface area contributed by atoms with Gasteiger partial charge in [-0.15, -0.1) is 0 Å². The third kappa shape index (κ3) is 4.45. The number of aromatic nitrogens is 1. The third-order valence-corrected chi connectivity index (χ3v) is 4.81. The number of nitrogens with one attached hydrogen (secondary N) is 1. The number of hydrogen-bond donors (Lipinski definition) is 1. The van der Waals surface area contributed by atoms with Crippen molar-refractivity contribution in [3.63, 3.8) is 0 Å². The summed E-state index contributed by atoms with van der Waals surface area (Å²) in [5.74, 6) is -0.117. The summed E-state index contributed by atoms with van der Waals surface area (Å²) in [4.78, 5) is 30.8. The van der Waals surface area contributed by atoms with Crippen LogP contribution in [0.4, 0.5) is 4.79 Å². The number of carbonyl (C=O) groups excluding carboxylic acids is 2. The maximum atomic E-state index is 13.0. The fourth-order valence-electron chi connectivity index (χ4n) is 3.39. The molecule has 6 nitrogen and oxygen atoms in total. The van der Waals surface area contributed by atoms with E-state index in [1.165, 1.54) is 0 Å². The predicted octanol–water partition coefficient (Wildman–Crippen LogP) is 3.41. The van der Waals surface area contributed by atoms with Gasteiger partial charge in [0.15, 0.2) is 0 Å². The molecule has 0 aliphatic carbocycles. The van der Waals surface area contributed by atoms with Crippen LogP contribution < -0.4 is 5.32 Å². The first-order valence-corrected chi connectivity index (χ1v) is 9.33. The van der Waals surface area contributed by atoms with Crippen molar-refractivity contribution in [2.24, 2.45) is 0 Å². The van der Waals surface area contributed by atoms with Crippen molar-refractivity contribution in [3.8, 4) is 11.1 Å². The Hall–Kier alpha value is -2.89. The Labute approximate surface area is 159 Å². The number of aryl methyl sites for hydroxylation is 1. The lowest BCUT2D eigenvalue weighted by atomic mass is 9.98. The highest BCUT2D eigenvalue weighted by Crippen LogP contribution is 2.25. The van der Waals surface area contributed by atoms with E-state index in [4.69, 9.17) is 4.74 Å². The Bertz CT molecular complexity index is 800. The van der Waals surface area contributed by atoms with Gasteiger partial charge in [0.1, 0.15) is 0 Å². The zero-order valence-corrected chi connectivity index (χ0v) is 15.8. The first-order valence-electron chi connectivity index (χ1n) is 9.33. The summed E-state index contributed by atoms with van der Waals surface area (Å²) in [6.07, 6.45) is 2.87. The van der Waals surface area contributed by atoms with Crippen LogP contribution in [0.25, 0.3) is 11.1 Å². The topological polar surface area (TPSA) is 71.5 Å². The van der Waals surface area contributed by atoms with E-state index in [0.717, 1.165) is 11.1 Å². The van der Waals surface area contributed by atoms with Gasteiger partial charge in [0, 0.05) is 25.3 Å². The summed E-state index contributed by atoms with van der Waals surface area (Å²) < 4.78 is 5.04. The minimum Gasteiger partial charge on any atom is -0.450 e. The number of likely N-dealkylation sites (tertiary alicyclic amines) is 1. The molecule has 142 valence electrons. The zero-order valence-electron chi connectivity index (χ0n) is 15.8. The van der Waals surface area contributed by atoms with Crippen LogP contribution >= 0.6 is 0 Å². The van der Waals surface area contributed by atoms with E-state index in [-0.39, 0.29) is 18.0 Å². The molecule has 1 aliphatic rings. The number of carbonyl (C=O) groups is 2. The Balaban J connectivity index is 1.70. The highest BCUT2D eigenvalue weighted by Gasteiger charge is 2.26. The Kier molecular flexibility index (Phi) is 6.06. The number of nitrogens with zero attached hydrogens (tertiary/aromatic N) is 2. The average molecular weight is 367 g/mol. The van der Waals surface area contributed by atoms with Crippen LogP contribution in [0.3, 0.4) is 0 Å². The maximum absolute atomic E-state index is 13.0. The molecule has 2 amide bonds. The summed E-state index contributed by atoms with van der Waals surface area (Å²) in [6, 6.07) is 11.8. The summed E-state index contributed by atoms with van der Waals surface area (Å²) in [6.45, 7) is 5.19. The van der Waals surface area contributed by atoms with Crippen LogP contribution in [0.1, 0.15) is 35.8 Å². The van der Waals surface area contributed by atoms with Gasteiger partial charge in [-0.25, -0.2) is 4.79 Å². The number of hydrogen-bond acceptors (Lipinski definition) is 4. The Morgan fingerprint density at radius 2 is 1.89 bits per heavy atom. The van der Waals surface area contributed by atoms with Gasteiger partial charge < -0.3 is 15.0 Å². The fourth-order valence-corrected chi connectivity index (χ4v) is 3.39. The number of amides is 2. The summed E-state index contributed by atoms with van der Waals surface area (Å²) in [7, 11) is 0. The molecule has 1 aliphatic heterocycles.